The summed E-state index contributed by atoms with van der Waals surface area (Å²) < 4.78 is 1.75. The third kappa shape index (κ3) is 2.87. The van der Waals surface area contributed by atoms with Crippen molar-refractivity contribution in [1.82, 2.24) is 25.0 Å². The van der Waals surface area contributed by atoms with E-state index in [9.17, 15) is 9.59 Å². The largest absolute Gasteiger partial charge is 0.295 e. The van der Waals surface area contributed by atoms with Crippen molar-refractivity contribution in [3.63, 3.8) is 0 Å². The normalized spacial score (nSPS) is 18.9. The van der Waals surface area contributed by atoms with E-state index in [0.717, 1.165) is 0 Å². The molecule has 1 aliphatic heterocycles. The number of rotatable bonds is 4. The molecule has 0 unspecified atom stereocenters. The molecular weight excluding hydrogens is 258 g/mol. The molecule has 1 aliphatic rings. The van der Waals surface area contributed by atoms with E-state index in [-0.39, 0.29) is 24.9 Å². The van der Waals surface area contributed by atoms with Crippen LogP contribution in [0.25, 0.3) is 0 Å². The fourth-order valence-corrected chi connectivity index (χ4v) is 2.13. The predicted molar refractivity (Wildman–Crippen MR) is 72.5 cm³/mol. The fourth-order valence-electron chi connectivity index (χ4n) is 2.13. The molecular formula is C13H21N5O2. The number of imide groups is 1. The SMILES string of the molecule is CC(C)Cn1ncnc1CN1C(=O)CNC(C)(C)C1=O. The molecule has 1 fully saturated rings. The summed E-state index contributed by atoms with van der Waals surface area (Å²) in [6.07, 6.45) is 1.46. The maximum absolute atomic E-state index is 12.3. The average Bonchev–Trinajstić information content (AvgIpc) is 2.77. The van der Waals surface area contributed by atoms with Gasteiger partial charge in [0, 0.05) is 6.54 Å². The van der Waals surface area contributed by atoms with Gasteiger partial charge in [-0.05, 0) is 19.8 Å². The van der Waals surface area contributed by atoms with Gasteiger partial charge in [-0.3, -0.25) is 19.8 Å². The van der Waals surface area contributed by atoms with Crippen LogP contribution in [0, 0.1) is 5.92 Å². The molecule has 0 spiro atoms. The minimum Gasteiger partial charge on any atom is -0.295 e. The molecule has 2 amide bonds. The number of amides is 2. The quantitative estimate of drug-likeness (QED) is 0.795. The summed E-state index contributed by atoms with van der Waals surface area (Å²) >= 11 is 0. The minimum atomic E-state index is -0.725. The van der Waals surface area contributed by atoms with Crippen LogP contribution in [0.2, 0.25) is 0 Å². The first-order valence-corrected chi connectivity index (χ1v) is 6.78. The van der Waals surface area contributed by atoms with Crippen molar-refractivity contribution in [3.8, 4) is 0 Å². The summed E-state index contributed by atoms with van der Waals surface area (Å²) in [6.45, 7) is 8.76. The molecule has 1 saturated heterocycles. The van der Waals surface area contributed by atoms with Crippen molar-refractivity contribution in [2.45, 2.75) is 46.3 Å². The van der Waals surface area contributed by atoms with Crippen LogP contribution in [0.3, 0.4) is 0 Å². The number of carbonyl (C=O) groups excluding carboxylic acids is 2. The van der Waals surface area contributed by atoms with Crippen LogP contribution < -0.4 is 5.32 Å². The fraction of sp³-hybridized carbons (Fsp3) is 0.692. The second kappa shape index (κ2) is 5.32. The lowest BCUT2D eigenvalue weighted by Gasteiger charge is -2.36. The lowest BCUT2D eigenvalue weighted by atomic mass is 10.0. The van der Waals surface area contributed by atoms with Gasteiger partial charge in [-0.15, -0.1) is 0 Å². The molecule has 0 radical (unpaired) electrons. The monoisotopic (exact) mass is 279 g/mol. The van der Waals surface area contributed by atoms with E-state index in [2.05, 4.69) is 29.2 Å². The van der Waals surface area contributed by atoms with Crippen LogP contribution in [0.15, 0.2) is 6.33 Å². The van der Waals surface area contributed by atoms with E-state index in [0.29, 0.717) is 18.3 Å². The molecule has 1 aromatic rings. The number of carbonyl (C=O) groups is 2. The van der Waals surface area contributed by atoms with Crippen molar-refractivity contribution in [3.05, 3.63) is 12.2 Å². The summed E-state index contributed by atoms with van der Waals surface area (Å²) in [5, 5.41) is 7.08. The van der Waals surface area contributed by atoms with E-state index < -0.39 is 5.54 Å². The van der Waals surface area contributed by atoms with Gasteiger partial charge in [0.15, 0.2) is 0 Å². The van der Waals surface area contributed by atoms with Gasteiger partial charge in [0.2, 0.25) is 11.8 Å². The zero-order chi connectivity index (χ0) is 14.9. The molecule has 110 valence electrons. The van der Waals surface area contributed by atoms with Gasteiger partial charge in [0.25, 0.3) is 0 Å². The Morgan fingerprint density at radius 2 is 2.10 bits per heavy atom. The Bertz CT molecular complexity index is 521. The van der Waals surface area contributed by atoms with Gasteiger partial charge in [0.05, 0.1) is 18.6 Å². The van der Waals surface area contributed by atoms with Gasteiger partial charge in [0.1, 0.15) is 12.2 Å². The topological polar surface area (TPSA) is 80.1 Å². The predicted octanol–water partition coefficient (Wildman–Crippen LogP) is 0.171. The highest BCUT2D eigenvalue weighted by Crippen LogP contribution is 2.16. The second-order valence-corrected chi connectivity index (χ2v) is 6.02. The summed E-state index contributed by atoms with van der Waals surface area (Å²) in [6, 6.07) is 0. The standard InChI is InChI=1S/C13H21N5O2/c1-9(2)6-18-10(14-8-16-18)7-17-11(19)5-15-13(3,4)12(17)20/h8-9,15H,5-7H2,1-4H3. The molecule has 1 aromatic heterocycles. The first-order valence-electron chi connectivity index (χ1n) is 6.78. The molecule has 0 bridgehead atoms. The molecule has 0 saturated carbocycles. The molecule has 2 heterocycles. The van der Waals surface area contributed by atoms with Crippen LogP contribution >= 0.6 is 0 Å². The highest BCUT2D eigenvalue weighted by atomic mass is 16.2. The van der Waals surface area contributed by atoms with Gasteiger partial charge in [-0.25, -0.2) is 9.67 Å². The maximum Gasteiger partial charge on any atom is 0.249 e. The van der Waals surface area contributed by atoms with Crippen LogP contribution in [0.1, 0.15) is 33.5 Å². The Kier molecular flexibility index (Phi) is 3.89. The number of hydrogen-bond donors (Lipinski definition) is 1. The molecule has 20 heavy (non-hydrogen) atoms. The van der Waals surface area contributed by atoms with E-state index in [1.165, 1.54) is 11.2 Å². The van der Waals surface area contributed by atoms with Crippen molar-refractivity contribution in [2.24, 2.45) is 5.92 Å². The molecule has 2 rings (SSSR count). The molecule has 1 N–H and O–H groups in total. The number of hydrogen-bond acceptors (Lipinski definition) is 5. The number of nitrogens with one attached hydrogen (secondary N) is 1. The van der Waals surface area contributed by atoms with Crippen LogP contribution in [-0.4, -0.2) is 43.6 Å². The third-order valence-electron chi connectivity index (χ3n) is 3.30. The highest BCUT2D eigenvalue weighted by molar-refractivity contribution is 6.02. The number of aromatic nitrogens is 3. The molecule has 0 aliphatic carbocycles. The van der Waals surface area contributed by atoms with Crippen LogP contribution in [0.5, 0.6) is 0 Å². The van der Waals surface area contributed by atoms with Gasteiger partial charge in [-0.2, -0.15) is 5.10 Å². The Morgan fingerprint density at radius 1 is 1.40 bits per heavy atom. The lowest BCUT2D eigenvalue weighted by Crippen LogP contribution is -2.63. The summed E-state index contributed by atoms with van der Waals surface area (Å²) in [5.74, 6) is 0.598. The average molecular weight is 279 g/mol. The molecule has 7 heteroatoms. The summed E-state index contributed by atoms with van der Waals surface area (Å²) in [4.78, 5) is 29.7. The first kappa shape index (κ1) is 14.6. The Labute approximate surface area is 118 Å². The maximum atomic E-state index is 12.3. The summed E-state index contributed by atoms with van der Waals surface area (Å²) in [5.41, 5.74) is -0.725. The van der Waals surface area contributed by atoms with Crippen LogP contribution in [0.4, 0.5) is 0 Å². The third-order valence-corrected chi connectivity index (χ3v) is 3.30. The zero-order valence-electron chi connectivity index (χ0n) is 12.4. The van der Waals surface area contributed by atoms with Crippen molar-refractivity contribution >= 4 is 11.8 Å². The molecule has 7 nitrogen and oxygen atoms in total. The van der Waals surface area contributed by atoms with Crippen molar-refractivity contribution in [2.75, 3.05) is 6.54 Å². The number of piperazine rings is 1. The lowest BCUT2D eigenvalue weighted by molar-refractivity contribution is -0.153. The zero-order valence-corrected chi connectivity index (χ0v) is 12.4. The van der Waals surface area contributed by atoms with Gasteiger partial charge in [-0.1, -0.05) is 13.8 Å². The highest BCUT2D eigenvalue weighted by Gasteiger charge is 2.40. The van der Waals surface area contributed by atoms with Crippen LogP contribution in [-0.2, 0) is 22.7 Å². The Balaban J connectivity index is 2.18. The summed E-state index contributed by atoms with van der Waals surface area (Å²) in [7, 11) is 0. The first-order chi connectivity index (χ1) is 9.31. The number of nitrogens with zero attached hydrogens (tertiary/aromatic N) is 4. The molecule has 0 atom stereocenters. The van der Waals surface area contributed by atoms with Crippen molar-refractivity contribution < 1.29 is 9.59 Å². The van der Waals surface area contributed by atoms with Gasteiger partial charge >= 0.3 is 0 Å². The molecule has 0 aromatic carbocycles. The second-order valence-electron chi connectivity index (χ2n) is 6.02. The minimum absolute atomic E-state index is 0.164. The van der Waals surface area contributed by atoms with E-state index in [1.54, 1.807) is 18.5 Å². The van der Waals surface area contributed by atoms with E-state index in [4.69, 9.17) is 0 Å². The van der Waals surface area contributed by atoms with E-state index in [1.807, 2.05) is 0 Å². The van der Waals surface area contributed by atoms with Crippen molar-refractivity contribution in [1.29, 1.82) is 0 Å². The smallest absolute Gasteiger partial charge is 0.249 e. The Morgan fingerprint density at radius 3 is 2.75 bits per heavy atom. The van der Waals surface area contributed by atoms with Gasteiger partial charge < -0.3 is 0 Å². The van der Waals surface area contributed by atoms with E-state index >= 15 is 0 Å². The Hall–Kier alpha value is -1.76.